The number of primary amides is 1. The van der Waals surface area contributed by atoms with Gasteiger partial charge in [-0.05, 0) is 51.0 Å². The van der Waals surface area contributed by atoms with E-state index in [0.717, 1.165) is 0 Å². The van der Waals surface area contributed by atoms with Gasteiger partial charge in [0, 0.05) is 17.9 Å². The quantitative estimate of drug-likeness (QED) is 0.157. The Hall–Kier alpha value is -3.74. The smallest absolute Gasteiger partial charge is 0.306 e. The molecule has 4 rings (SSSR count). The number of benzene rings is 1. The standard InChI is InChI=1S/C27H33N3O9/c1-11-12-7-6-8-13(31)16(12)21(33)17-15(11)23(39-14(32)9-4-5-10-28)19-20(30(2)3)22(34)18(26(29)37)25(36)27(19,38)24(17)35/h6-8,11,15,19-20,23,31,34-35,38H,4-5,9-10,28H2,1-3H3,(H2,29,37)/t11-,15+,19+,20-,23-,27-/m0/s1. The molecule has 0 saturated heterocycles. The zero-order valence-corrected chi connectivity index (χ0v) is 21.9. The lowest BCUT2D eigenvalue weighted by molar-refractivity contribution is -0.181. The van der Waals surface area contributed by atoms with Gasteiger partial charge in [0.1, 0.15) is 28.9 Å². The number of carbonyl (C=O) groups excluding carboxylic acids is 4. The van der Waals surface area contributed by atoms with Crippen molar-refractivity contribution in [1.82, 2.24) is 4.90 Å². The number of esters is 1. The number of Topliss-reactive ketones (excluding diaryl/α,β-unsaturated/α-hetero) is 2. The number of hydrogen-bond donors (Lipinski definition) is 6. The molecule has 8 N–H and O–H groups in total. The summed E-state index contributed by atoms with van der Waals surface area (Å²) in [5.41, 5.74) is 6.87. The second-order valence-electron chi connectivity index (χ2n) is 10.5. The van der Waals surface area contributed by atoms with Gasteiger partial charge in [-0.25, -0.2) is 0 Å². The number of fused-ring (bicyclic) bond motifs is 3. The van der Waals surface area contributed by atoms with Gasteiger partial charge in [0.2, 0.25) is 5.78 Å². The lowest BCUT2D eigenvalue weighted by atomic mass is 9.55. The highest BCUT2D eigenvalue weighted by Crippen LogP contribution is 2.56. The van der Waals surface area contributed by atoms with Crippen LogP contribution in [0.2, 0.25) is 0 Å². The van der Waals surface area contributed by atoms with Crippen molar-refractivity contribution in [3.63, 3.8) is 0 Å². The summed E-state index contributed by atoms with van der Waals surface area (Å²) in [5, 5.41) is 45.1. The molecular weight excluding hydrogens is 510 g/mol. The van der Waals surface area contributed by atoms with Crippen LogP contribution in [0.25, 0.3) is 0 Å². The highest BCUT2D eigenvalue weighted by molar-refractivity contribution is 6.25. The number of rotatable bonds is 7. The molecule has 0 saturated carbocycles. The van der Waals surface area contributed by atoms with E-state index in [2.05, 4.69) is 0 Å². The zero-order valence-electron chi connectivity index (χ0n) is 21.9. The Morgan fingerprint density at radius 3 is 2.38 bits per heavy atom. The highest BCUT2D eigenvalue weighted by atomic mass is 16.5. The molecule has 1 aromatic carbocycles. The van der Waals surface area contributed by atoms with Gasteiger partial charge in [-0.1, -0.05) is 19.1 Å². The molecule has 3 aliphatic rings. The largest absolute Gasteiger partial charge is 0.510 e. The molecule has 3 aliphatic carbocycles. The van der Waals surface area contributed by atoms with Crippen LogP contribution in [0.4, 0.5) is 0 Å². The van der Waals surface area contributed by atoms with Gasteiger partial charge in [-0.15, -0.1) is 0 Å². The van der Waals surface area contributed by atoms with Crippen LogP contribution in [0.1, 0.15) is 48.0 Å². The van der Waals surface area contributed by atoms with Gasteiger partial charge >= 0.3 is 5.97 Å². The summed E-state index contributed by atoms with van der Waals surface area (Å²) in [6.45, 7) is 2.04. The fourth-order valence-electron chi connectivity index (χ4n) is 6.32. The molecule has 0 aliphatic heterocycles. The van der Waals surface area contributed by atoms with Crippen molar-refractivity contribution in [3.8, 4) is 5.75 Å². The molecule has 210 valence electrons. The third-order valence-electron chi connectivity index (χ3n) is 8.07. The summed E-state index contributed by atoms with van der Waals surface area (Å²) < 4.78 is 5.90. The van der Waals surface area contributed by atoms with E-state index in [-0.39, 0.29) is 17.7 Å². The number of carbonyl (C=O) groups is 4. The number of likely N-dealkylation sites (N-methyl/N-ethyl adjacent to an activating group) is 1. The first-order chi connectivity index (χ1) is 18.3. The fourth-order valence-corrected chi connectivity index (χ4v) is 6.32. The molecule has 1 aromatic rings. The maximum Gasteiger partial charge on any atom is 0.306 e. The average Bonchev–Trinajstić information content (AvgIpc) is 2.85. The number of ketones is 2. The fraction of sp³-hybridized carbons (Fsp3) is 0.481. The van der Waals surface area contributed by atoms with Crippen molar-refractivity contribution < 1.29 is 44.3 Å². The Bertz CT molecular complexity index is 1320. The number of amides is 1. The number of aliphatic hydroxyl groups is 3. The first kappa shape index (κ1) is 28.3. The summed E-state index contributed by atoms with van der Waals surface area (Å²) in [5.74, 6) is -9.77. The van der Waals surface area contributed by atoms with Gasteiger partial charge in [-0.3, -0.25) is 24.1 Å². The molecule has 0 spiro atoms. The Morgan fingerprint density at radius 2 is 1.79 bits per heavy atom. The predicted molar refractivity (Wildman–Crippen MR) is 137 cm³/mol. The normalized spacial score (nSPS) is 30.2. The van der Waals surface area contributed by atoms with Crippen molar-refractivity contribution in [3.05, 3.63) is 52.0 Å². The number of aromatic hydroxyl groups is 1. The SMILES string of the molecule is C[C@H]1c2cccc(O)c2C(=O)C2=C(O)[C@]3(O)C(=O)C(C(N)=O)=C(O)[C@@H](N(C)C)[C@@H]3[C@@H](OC(=O)CCCCN)[C@@H]21. The Morgan fingerprint density at radius 1 is 1.13 bits per heavy atom. The van der Waals surface area contributed by atoms with Crippen molar-refractivity contribution in [2.45, 2.75) is 49.9 Å². The molecule has 12 nitrogen and oxygen atoms in total. The molecule has 0 unspecified atom stereocenters. The maximum atomic E-state index is 13.8. The number of nitrogens with zero attached hydrogens (tertiary/aromatic N) is 1. The van der Waals surface area contributed by atoms with Crippen LogP contribution < -0.4 is 11.5 Å². The third kappa shape index (κ3) is 4.10. The van der Waals surface area contributed by atoms with Crippen molar-refractivity contribution >= 4 is 23.4 Å². The average molecular weight is 544 g/mol. The zero-order chi connectivity index (χ0) is 29.0. The number of unbranched alkanes of at least 4 members (excludes halogenated alkanes) is 1. The minimum atomic E-state index is -2.96. The molecule has 6 atom stereocenters. The second-order valence-corrected chi connectivity index (χ2v) is 10.5. The minimum Gasteiger partial charge on any atom is -0.510 e. The van der Waals surface area contributed by atoms with E-state index in [1.54, 1.807) is 19.1 Å². The molecule has 1 amide bonds. The maximum absolute atomic E-state index is 13.8. The molecule has 0 bridgehead atoms. The number of hydrogen-bond acceptors (Lipinski definition) is 11. The second kappa shape index (κ2) is 10.1. The lowest BCUT2D eigenvalue weighted by Gasteiger charge is -2.54. The first-order valence-electron chi connectivity index (χ1n) is 12.7. The molecule has 39 heavy (non-hydrogen) atoms. The molecule has 0 heterocycles. The van der Waals surface area contributed by atoms with Crippen molar-refractivity contribution in [2.75, 3.05) is 20.6 Å². The molecule has 0 fully saturated rings. The summed E-state index contributed by atoms with van der Waals surface area (Å²) in [7, 11) is 2.99. The lowest BCUT2D eigenvalue weighted by Crippen LogP contribution is -2.69. The Balaban J connectivity index is 2.02. The summed E-state index contributed by atoms with van der Waals surface area (Å²) >= 11 is 0. The number of nitrogens with two attached hydrogens (primary N) is 2. The molecule has 0 aromatic heterocycles. The Labute approximate surface area is 224 Å². The van der Waals surface area contributed by atoms with Crippen LogP contribution in [-0.4, -0.2) is 87.2 Å². The van der Waals surface area contributed by atoms with Gasteiger partial charge in [0.25, 0.3) is 5.91 Å². The molecule has 12 heteroatoms. The number of phenols is 1. The van der Waals surface area contributed by atoms with Crippen LogP contribution in [0.3, 0.4) is 0 Å². The van der Waals surface area contributed by atoms with Crippen LogP contribution in [0.5, 0.6) is 5.75 Å². The van der Waals surface area contributed by atoms with E-state index >= 15 is 0 Å². The van der Waals surface area contributed by atoms with Crippen LogP contribution >= 0.6 is 0 Å². The molecule has 0 radical (unpaired) electrons. The van der Waals surface area contributed by atoms with E-state index in [0.29, 0.717) is 24.9 Å². The number of ether oxygens (including phenoxy) is 1. The summed E-state index contributed by atoms with van der Waals surface area (Å²) in [4.78, 5) is 54.1. The van der Waals surface area contributed by atoms with Crippen molar-refractivity contribution in [1.29, 1.82) is 0 Å². The minimum absolute atomic E-state index is 0.0504. The number of aliphatic hydroxyl groups excluding tert-OH is 2. The summed E-state index contributed by atoms with van der Waals surface area (Å²) in [6.07, 6.45) is -0.540. The van der Waals surface area contributed by atoms with Gasteiger partial charge < -0.3 is 36.6 Å². The topological polar surface area (TPSA) is 214 Å². The van der Waals surface area contributed by atoms with E-state index < -0.39 is 81.6 Å². The van der Waals surface area contributed by atoms with Crippen LogP contribution in [0.15, 0.2) is 40.9 Å². The van der Waals surface area contributed by atoms with Crippen LogP contribution in [0, 0.1) is 11.8 Å². The Kier molecular flexibility index (Phi) is 7.32. The van der Waals surface area contributed by atoms with Crippen molar-refractivity contribution in [2.24, 2.45) is 23.3 Å². The van der Waals surface area contributed by atoms with E-state index in [1.807, 2.05) is 0 Å². The van der Waals surface area contributed by atoms with E-state index in [9.17, 15) is 39.6 Å². The van der Waals surface area contributed by atoms with Crippen LogP contribution in [-0.2, 0) is 19.1 Å². The predicted octanol–water partition coefficient (Wildman–Crippen LogP) is 0.332. The first-order valence-corrected chi connectivity index (χ1v) is 12.7. The van der Waals surface area contributed by atoms with Gasteiger partial charge in [0.15, 0.2) is 11.4 Å². The monoisotopic (exact) mass is 543 g/mol. The highest BCUT2D eigenvalue weighted by Gasteiger charge is 2.68. The van der Waals surface area contributed by atoms with E-state index in [1.165, 1.54) is 25.1 Å². The molecular formula is C27H33N3O9. The number of phenolic OH excluding ortho intramolecular Hbond substituents is 1. The van der Waals surface area contributed by atoms with E-state index in [4.69, 9.17) is 16.2 Å². The van der Waals surface area contributed by atoms with Gasteiger partial charge in [-0.2, -0.15) is 0 Å². The summed E-state index contributed by atoms with van der Waals surface area (Å²) in [6, 6.07) is 3.12. The van der Waals surface area contributed by atoms with Gasteiger partial charge in [0.05, 0.1) is 17.5 Å². The third-order valence-corrected chi connectivity index (χ3v) is 8.07.